The van der Waals surface area contributed by atoms with Gasteiger partial charge in [-0.2, -0.15) is 0 Å². The molecule has 3 nitrogen and oxygen atoms in total. The van der Waals surface area contributed by atoms with Crippen molar-refractivity contribution in [3.05, 3.63) is 22.3 Å². The first kappa shape index (κ1) is 14.6. The van der Waals surface area contributed by atoms with Crippen LogP contribution in [0, 0.1) is 5.92 Å². The minimum atomic E-state index is 0.640. The van der Waals surface area contributed by atoms with E-state index in [9.17, 15) is 0 Å². The molecule has 2 aromatic rings. The van der Waals surface area contributed by atoms with Crippen LogP contribution >= 0.6 is 22.7 Å². The van der Waals surface area contributed by atoms with Gasteiger partial charge in [0.2, 0.25) is 0 Å². The summed E-state index contributed by atoms with van der Waals surface area (Å²) in [5, 5.41) is 4.60. The van der Waals surface area contributed by atoms with Gasteiger partial charge in [-0.05, 0) is 25.3 Å². The van der Waals surface area contributed by atoms with E-state index in [1.807, 2.05) is 11.7 Å². The van der Waals surface area contributed by atoms with E-state index in [0.29, 0.717) is 5.92 Å². The van der Waals surface area contributed by atoms with Crippen molar-refractivity contribution in [3.8, 4) is 9.88 Å². The first-order valence-corrected chi connectivity index (χ1v) is 8.48. The monoisotopic (exact) mass is 295 g/mol. The maximum atomic E-state index is 4.82. The molecule has 0 bridgehead atoms. The summed E-state index contributed by atoms with van der Waals surface area (Å²) >= 11 is 3.47. The first-order chi connectivity index (χ1) is 9.20. The van der Waals surface area contributed by atoms with Gasteiger partial charge in [0.15, 0.2) is 0 Å². The van der Waals surface area contributed by atoms with E-state index in [0.717, 1.165) is 24.5 Å². The van der Waals surface area contributed by atoms with Crippen LogP contribution in [0.3, 0.4) is 0 Å². The molecule has 0 aromatic carbocycles. The van der Waals surface area contributed by atoms with E-state index in [-0.39, 0.29) is 0 Å². The van der Waals surface area contributed by atoms with Gasteiger partial charge in [0.1, 0.15) is 5.01 Å². The SMILES string of the molecule is CCCNCc1sc(-c2cncs2)nc1CC(C)C. The van der Waals surface area contributed by atoms with Crippen LogP contribution in [0.5, 0.6) is 0 Å². The van der Waals surface area contributed by atoms with Gasteiger partial charge < -0.3 is 5.32 Å². The quantitative estimate of drug-likeness (QED) is 0.786. The molecule has 0 aliphatic rings. The van der Waals surface area contributed by atoms with Crippen molar-refractivity contribution >= 4 is 22.7 Å². The smallest absolute Gasteiger partial charge is 0.135 e. The molecule has 104 valence electrons. The first-order valence-electron chi connectivity index (χ1n) is 6.78. The lowest BCUT2D eigenvalue weighted by molar-refractivity contribution is 0.623. The van der Waals surface area contributed by atoms with Crippen LogP contribution in [-0.2, 0) is 13.0 Å². The highest BCUT2D eigenvalue weighted by molar-refractivity contribution is 7.20. The molecular weight excluding hydrogens is 274 g/mol. The molecular formula is C14H21N3S2. The third-order valence-electron chi connectivity index (χ3n) is 2.74. The van der Waals surface area contributed by atoms with Crippen LogP contribution < -0.4 is 5.32 Å². The zero-order valence-corrected chi connectivity index (χ0v) is 13.4. The molecule has 5 heteroatoms. The molecule has 2 aromatic heterocycles. The van der Waals surface area contributed by atoms with Crippen LogP contribution in [0.4, 0.5) is 0 Å². The van der Waals surface area contributed by atoms with Crippen molar-refractivity contribution in [2.45, 2.75) is 40.2 Å². The van der Waals surface area contributed by atoms with Gasteiger partial charge in [0.05, 0.1) is 16.1 Å². The Bertz CT molecular complexity index is 489. The maximum absolute atomic E-state index is 4.82. The summed E-state index contributed by atoms with van der Waals surface area (Å²) in [4.78, 5) is 11.5. The topological polar surface area (TPSA) is 37.8 Å². The van der Waals surface area contributed by atoms with Crippen molar-refractivity contribution in [3.63, 3.8) is 0 Å². The Hall–Kier alpha value is -0.780. The van der Waals surface area contributed by atoms with E-state index >= 15 is 0 Å². The predicted octanol–water partition coefficient (Wildman–Crippen LogP) is 3.96. The van der Waals surface area contributed by atoms with Crippen LogP contribution in [0.25, 0.3) is 9.88 Å². The number of nitrogens with zero attached hydrogens (tertiary/aromatic N) is 2. The van der Waals surface area contributed by atoms with Crippen molar-refractivity contribution < 1.29 is 0 Å². The van der Waals surface area contributed by atoms with Gasteiger partial charge in [0, 0.05) is 17.6 Å². The Balaban J connectivity index is 2.18. The van der Waals surface area contributed by atoms with Crippen molar-refractivity contribution in [1.82, 2.24) is 15.3 Å². The number of rotatable bonds is 7. The Morgan fingerprint density at radius 2 is 2.21 bits per heavy atom. The molecule has 0 unspecified atom stereocenters. The summed E-state index contributed by atoms with van der Waals surface area (Å²) in [7, 11) is 0. The Morgan fingerprint density at radius 3 is 2.84 bits per heavy atom. The molecule has 0 saturated carbocycles. The Kier molecular flexibility index (Phi) is 5.48. The van der Waals surface area contributed by atoms with Crippen LogP contribution in [-0.4, -0.2) is 16.5 Å². The molecule has 19 heavy (non-hydrogen) atoms. The van der Waals surface area contributed by atoms with Crippen molar-refractivity contribution in [1.29, 1.82) is 0 Å². The lowest BCUT2D eigenvalue weighted by Gasteiger charge is -2.05. The lowest BCUT2D eigenvalue weighted by Crippen LogP contribution is -2.14. The summed E-state index contributed by atoms with van der Waals surface area (Å²) in [6.07, 6.45) is 4.13. The minimum absolute atomic E-state index is 0.640. The van der Waals surface area contributed by atoms with Gasteiger partial charge in [-0.15, -0.1) is 22.7 Å². The second-order valence-electron chi connectivity index (χ2n) is 5.03. The van der Waals surface area contributed by atoms with Crippen LogP contribution in [0.2, 0.25) is 0 Å². The predicted molar refractivity (Wildman–Crippen MR) is 83.8 cm³/mol. The molecule has 0 aliphatic heterocycles. The molecule has 0 spiro atoms. The Labute approximate surface area is 123 Å². The van der Waals surface area contributed by atoms with Gasteiger partial charge in [0.25, 0.3) is 0 Å². The molecule has 0 saturated heterocycles. The van der Waals surface area contributed by atoms with Gasteiger partial charge >= 0.3 is 0 Å². The normalized spacial score (nSPS) is 11.4. The molecule has 0 atom stereocenters. The minimum Gasteiger partial charge on any atom is -0.312 e. The standard InChI is InChI=1S/C14H21N3S2/c1-4-5-15-7-12-11(6-10(2)3)17-14(19-12)13-8-16-9-18-13/h8-10,15H,4-7H2,1-3H3. The molecule has 0 amide bonds. The summed E-state index contributed by atoms with van der Waals surface area (Å²) in [6, 6.07) is 0. The van der Waals surface area contributed by atoms with Crippen molar-refractivity contribution in [2.75, 3.05) is 6.54 Å². The van der Waals surface area contributed by atoms with Gasteiger partial charge in [-0.3, -0.25) is 4.98 Å². The zero-order chi connectivity index (χ0) is 13.7. The molecule has 0 fully saturated rings. The van der Waals surface area contributed by atoms with Gasteiger partial charge in [-0.25, -0.2) is 4.98 Å². The van der Waals surface area contributed by atoms with E-state index in [4.69, 9.17) is 4.98 Å². The highest BCUT2D eigenvalue weighted by atomic mass is 32.1. The van der Waals surface area contributed by atoms with Crippen LogP contribution in [0.15, 0.2) is 11.7 Å². The van der Waals surface area contributed by atoms with E-state index in [1.54, 1.807) is 22.7 Å². The number of nitrogens with one attached hydrogen (secondary N) is 1. The highest BCUT2D eigenvalue weighted by Crippen LogP contribution is 2.31. The second kappa shape index (κ2) is 7.12. The van der Waals surface area contributed by atoms with E-state index in [1.165, 1.54) is 21.9 Å². The largest absolute Gasteiger partial charge is 0.312 e. The maximum Gasteiger partial charge on any atom is 0.135 e. The number of hydrogen-bond acceptors (Lipinski definition) is 5. The average molecular weight is 295 g/mol. The van der Waals surface area contributed by atoms with E-state index < -0.39 is 0 Å². The van der Waals surface area contributed by atoms with Crippen molar-refractivity contribution in [2.24, 2.45) is 5.92 Å². The highest BCUT2D eigenvalue weighted by Gasteiger charge is 2.14. The summed E-state index contributed by atoms with van der Waals surface area (Å²) < 4.78 is 0. The number of thiazole rings is 2. The average Bonchev–Trinajstić information content (AvgIpc) is 2.98. The summed E-state index contributed by atoms with van der Waals surface area (Å²) in [5.41, 5.74) is 3.13. The lowest BCUT2D eigenvalue weighted by atomic mass is 10.1. The summed E-state index contributed by atoms with van der Waals surface area (Å²) in [5.74, 6) is 0.640. The second-order valence-corrected chi connectivity index (χ2v) is 7.00. The molecule has 2 rings (SSSR count). The summed E-state index contributed by atoms with van der Waals surface area (Å²) in [6.45, 7) is 8.68. The Morgan fingerprint density at radius 1 is 1.37 bits per heavy atom. The fourth-order valence-corrected chi connectivity index (χ4v) is 3.61. The number of aromatic nitrogens is 2. The molecule has 0 radical (unpaired) electrons. The van der Waals surface area contributed by atoms with Gasteiger partial charge in [-0.1, -0.05) is 20.8 Å². The zero-order valence-electron chi connectivity index (χ0n) is 11.8. The third kappa shape index (κ3) is 4.09. The molecule has 1 N–H and O–H groups in total. The third-order valence-corrected chi connectivity index (χ3v) is 4.78. The molecule has 2 heterocycles. The fourth-order valence-electron chi connectivity index (χ4n) is 1.87. The fraction of sp³-hybridized carbons (Fsp3) is 0.571. The van der Waals surface area contributed by atoms with Crippen LogP contribution in [0.1, 0.15) is 37.8 Å². The number of hydrogen-bond donors (Lipinski definition) is 1. The molecule has 0 aliphatic carbocycles. The van der Waals surface area contributed by atoms with E-state index in [2.05, 4.69) is 31.1 Å².